The van der Waals surface area contributed by atoms with E-state index in [1.807, 2.05) is 24.3 Å². The first-order chi connectivity index (χ1) is 5.79. The van der Waals surface area contributed by atoms with Gasteiger partial charge in [0.25, 0.3) is 0 Å². The summed E-state index contributed by atoms with van der Waals surface area (Å²) in [6, 6.07) is 7.95. The first kappa shape index (κ1) is 8.78. The summed E-state index contributed by atoms with van der Waals surface area (Å²) in [5, 5.41) is 11.8. The molecule has 0 atom stereocenters. The van der Waals surface area contributed by atoms with Crippen LogP contribution in [0.3, 0.4) is 0 Å². The van der Waals surface area contributed by atoms with Crippen molar-refractivity contribution in [2.24, 2.45) is 5.16 Å². The number of oxime groups is 1. The SMILES string of the molecule is CCc1ccccc1C(C)=NO. The second-order valence-corrected chi connectivity index (χ2v) is 2.70. The van der Waals surface area contributed by atoms with Crippen LogP contribution in [-0.4, -0.2) is 10.9 Å². The van der Waals surface area contributed by atoms with Gasteiger partial charge in [0.2, 0.25) is 0 Å². The van der Waals surface area contributed by atoms with Crippen molar-refractivity contribution in [2.45, 2.75) is 20.3 Å². The average Bonchev–Trinajstić information content (AvgIpc) is 2.16. The molecule has 1 aromatic rings. The van der Waals surface area contributed by atoms with Crippen LogP contribution in [0, 0.1) is 0 Å². The second-order valence-electron chi connectivity index (χ2n) is 2.70. The minimum Gasteiger partial charge on any atom is -0.411 e. The molecule has 0 radical (unpaired) electrons. The zero-order chi connectivity index (χ0) is 8.97. The summed E-state index contributed by atoms with van der Waals surface area (Å²) in [6.07, 6.45) is 0.961. The second kappa shape index (κ2) is 3.90. The van der Waals surface area contributed by atoms with E-state index in [9.17, 15) is 0 Å². The molecule has 0 unspecified atom stereocenters. The van der Waals surface area contributed by atoms with Crippen LogP contribution in [-0.2, 0) is 6.42 Å². The molecule has 12 heavy (non-hydrogen) atoms. The van der Waals surface area contributed by atoms with Gasteiger partial charge in [-0.3, -0.25) is 0 Å². The zero-order valence-corrected chi connectivity index (χ0v) is 7.41. The number of hydrogen-bond donors (Lipinski definition) is 1. The lowest BCUT2D eigenvalue weighted by Gasteiger charge is -2.04. The van der Waals surface area contributed by atoms with E-state index in [2.05, 4.69) is 12.1 Å². The minimum absolute atomic E-state index is 0.674. The zero-order valence-electron chi connectivity index (χ0n) is 7.41. The Labute approximate surface area is 72.5 Å². The summed E-state index contributed by atoms with van der Waals surface area (Å²) in [5.41, 5.74) is 2.92. The number of hydrogen-bond acceptors (Lipinski definition) is 2. The Kier molecular flexibility index (Phi) is 2.86. The molecule has 0 aliphatic rings. The third kappa shape index (κ3) is 1.64. The van der Waals surface area contributed by atoms with Gasteiger partial charge in [-0.1, -0.05) is 36.3 Å². The Morgan fingerprint density at radius 1 is 1.42 bits per heavy atom. The number of rotatable bonds is 2. The van der Waals surface area contributed by atoms with Crippen molar-refractivity contribution in [3.05, 3.63) is 35.4 Å². The van der Waals surface area contributed by atoms with Gasteiger partial charge in [0.1, 0.15) is 0 Å². The maximum Gasteiger partial charge on any atom is 0.0839 e. The normalized spacial score (nSPS) is 11.7. The van der Waals surface area contributed by atoms with Crippen LogP contribution in [0.25, 0.3) is 0 Å². The lowest BCUT2D eigenvalue weighted by molar-refractivity contribution is 0.319. The highest BCUT2D eigenvalue weighted by molar-refractivity contribution is 5.99. The van der Waals surface area contributed by atoms with Gasteiger partial charge in [0.15, 0.2) is 0 Å². The Morgan fingerprint density at radius 3 is 2.67 bits per heavy atom. The molecular formula is C10H13NO. The largest absolute Gasteiger partial charge is 0.411 e. The van der Waals surface area contributed by atoms with Crippen molar-refractivity contribution in [1.82, 2.24) is 0 Å². The van der Waals surface area contributed by atoms with Crippen molar-refractivity contribution in [1.29, 1.82) is 0 Å². The molecule has 0 spiro atoms. The van der Waals surface area contributed by atoms with Crippen LogP contribution in [0.15, 0.2) is 29.4 Å². The minimum atomic E-state index is 0.674. The van der Waals surface area contributed by atoms with Crippen molar-refractivity contribution >= 4 is 5.71 Å². The quantitative estimate of drug-likeness (QED) is 0.405. The highest BCUT2D eigenvalue weighted by Gasteiger charge is 2.01. The monoisotopic (exact) mass is 163 g/mol. The van der Waals surface area contributed by atoms with E-state index in [-0.39, 0.29) is 0 Å². The van der Waals surface area contributed by atoms with Crippen LogP contribution in [0.5, 0.6) is 0 Å². The highest BCUT2D eigenvalue weighted by Crippen LogP contribution is 2.10. The lowest BCUT2D eigenvalue weighted by Crippen LogP contribution is -1.99. The van der Waals surface area contributed by atoms with E-state index in [1.54, 1.807) is 6.92 Å². The van der Waals surface area contributed by atoms with Crippen LogP contribution in [0.2, 0.25) is 0 Å². The van der Waals surface area contributed by atoms with Gasteiger partial charge in [0, 0.05) is 5.56 Å². The topological polar surface area (TPSA) is 32.6 Å². The summed E-state index contributed by atoms with van der Waals surface area (Å²) < 4.78 is 0. The molecule has 1 aromatic carbocycles. The van der Waals surface area contributed by atoms with Crippen LogP contribution >= 0.6 is 0 Å². The Bertz CT molecular complexity index is 292. The molecule has 0 saturated heterocycles. The molecule has 0 aromatic heterocycles. The number of aryl methyl sites for hydroxylation is 1. The van der Waals surface area contributed by atoms with E-state index in [0.29, 0.717) is 5.71 Å². The Morgan fingerprint density at radius 2 is 2.08 bits per heavy atom. The summed E-state index contributed by atoms with van der Waals surface area (Å²) in [7, 11) is 0. The molecule has 0 aliphatic heterocycles. The molecule has 1 N–H and O–H groups in total. The predicted molar refractivity (Wildman–Crippen MR) is 49.8 cm³/mol. The Balaban J connectivity index is 3.13. The van der Waals surface area contributed by atoms with Gasteiger partial charge in [-0.25, -0.2) is 0 Å². The van der Waals surface area contributed by atoms with Crippen molar-refractivity contribution in [2.75, 3.05) is 0 Å². The van der Waals surface area contributed by atoms with E-state index in [1.165, 1.54) is 5.56 Å². The van der Waals surface area contributed by atoms with Crippen molar-refractivity contribution < 1.29 is 5.21 Å². The van der Waals surface area contributed by atoms with Crippen LogP contribution < -0.4 is 0 Å². The van der Waals surface area contributed by atoms with Crippen LogP contribution in [0.4, 0.5) is 0 Å². The van der Waals surface area contributed by atoms with Crippen molar-refractivity contribution in [3.8, 4) is 0 Å². The Hall–Kier alpha value is -1.31. The van der Waals surface area contributed by atoms with Gasteiger partial charge >= 0.3 is 0 Å². The molecule has 0 saturated carbocycles. The fraction of sp³-hybridized carbons (Fsp3) is 0.300. The summed E-state index contributed by atoms with van der Waals surface area (Å²) in [5.74, 6) is 0. The molecule has 2 nitrogen and oxygen atoms in total. The fourth-order valence-corrected chi connectivity index (χ4v) is 1.24. The highest BCUT2D eigenvalue weighted by atomic mass is 16.4. The molecule has 0 heterocycles. The third-order valence-electron chi connectivity index (χ3n) is 1.94. The molecular weight excluding hydrogens is 150 g/mol. The molecule has 0 bridgehead atoms. The molecule has 1 rings (SSSR count). The maximum absolute atomic E-state index is 8.60. The lowest BCUT2D eigenvalue weighted by atomic mass is 10.0. The summed E-state index contributed by atoms with van der Waals surface area (Å²) >= 11 is 0. The third-order valence-corrected chi connectivity index (χ3v) is 1.94. The van der Waals surface area contributed by atoms with E-state index in [4.69, 9.17) is 5.21 Å². The van der Waals surface area contributed by atoms with Gasteiger partial charge in [0.05, 0.1) is 5.71 Å². The smallest absolute Gasteiger partial charge is 0.0839 e. The fourth-order valence-electron chi connectivity index (χ4n) is 1.24. The molecule has 0 aliphatic carbocycles. The van der Waals surface area contributed by atoms with E-state index in [0.717, 1.165) is 12.0 Å². The van der Waals surface area contributed by atoms with Gasteiger partial charge in [-0.05, 0) is 18.9 Å². The average molecular weight is 163 g/mol. The molecule has 0 fully saturated rings. The first-order valence-corrected chi connectivity index (χ1v) is 4.06. The standard InChI is InChI=1S/C10H13NO/c1-3-9-6-4-5-7-10(9)8(2)11-12/h4-7,12H,3H2,1-2H3. The van der Waals surface area contributed by atoms with Crippen LogP contribution in [0.1, 0.15) is 25.0 Å². The maximum atomic E-state index is 8.60. The summed E-state index contributed by atoms with van der Waals surface area (Å²) in [4.78, 5) is 0. The first-order valence-electron chi connectivity index (χ1n) is 4.06. The summed E-state index contributed by atoms with van der Waals surface area (Å²) in [6.45, 7) is 3.89. The number of benzene rings is 1. The number of nitrogens with zero attached hydrogens (tertiary/aromatic N) is 1. The predicted octanol–water partition coefficient (Wildman–Crippen LogP) is 2.45. The van der Waals surface area contributed by atoms with E-state index < -0.39 is 0 Å². The van der Waals surface area contributed by atoms with E-state index >= 15 is 0 Å². The molecule has 0 amide bonds. The van der Waals surface area contributed by atoms with Gasteiger partial charge < -0.3 is 5.21 Å². The van der Waals surface area contributed by atoms with Gasteiger partial charge in [-0.15, -0.1) is 0 Å². The molecule has 2 heteroatoms. The van der Waals surface area contributed by atoms with Crippen molar-refractivity contribution in [3.63, 3.8) is 0 Å². The molecule has 64 valence electrons. The van der Waals surface area contributed by atoms with Gasteiger partial charge in [-0.2, -0.15) is 0 Å².